The van der Waals surface area contributed by atoms with Crippen LogP contribution in [0.2, 0.25) is 0 Å². The van der Waals surface area contributed by atoms with E-state index in [1.54, 1.807) is 0 Å². The molecule has 0 N–H and O–H groups in total. The minimum atomic E-state index is -0.0839. The highest BCUT2D eigenvalue weighted by molar-refractivity contribution is 6.01. The molecule has 1 amide bonds. The second kappa shape index (κ2) is 7.77. The van der Waals surface area contributed by atoms with Gasteiger partial charge in [0.2, 0.25) is 5.91 Å². The van der Waals surface area contributed by atoms with E-state index < -0.39 is 0 Å². The number of carbonyl (C=O) groups excluding carboxylic acids is 1. The third-order valence-corrected chi connectivity index (χ3v) is 4.14. The summed E-state index contributed by atoms with van der Waals surface area (Å²) in [6.45, 7) is 3.05. The zero-order valence-electron chi connectivity index (χ0n) is 13.9. The van der Waals surface area contributed by atoms with Gasteiger partial charge in [0.15, 0.2) is 6.10 Å². The van der Waals surface area contributed by atoms with Gasteiger partial charge in [-0.3, -0.25) is 4.79 Å². The normalized spacial score (nSPS) is 16.4. The highest BCUT2D eigenvalue weighted by Gasteiger charge is 2.26. The van der Waals surface area contributed by atoms with E-state index in [2.05, 4.69) is 5.16 Å². The second-order valence-electron chi connectivity index (χ2n) is 5.95. The van der Waals surface area contributed by atoms with Gasteiger partial charge in [-0.1, -0.05) is 72.7 Å². The molecule has 0 spiro atoms. The molecular formula is C20H22N2O2. The number of hydrogen-bond donors (Lipinski definition) is 0. The average molecular weight is 322 g/mol. The molecule has 0 aromatic heterocycles. The fourth-order valence-corrected chi connectivity index (χ4v) is 2.86. The topological polar surface area (TPSA) is 41.9 Å². The zero-order valence-corrected chi connectivity index (χ0v) is 13.9. The maximum absolute atomic E-state index is 12.3. The maximum atomic E-state index is 12.3. The lowest BCUT2D eigenvalue weighted by Gasteiger charge is -2.24. The van der Waals surface area contributed by atoms with Crippen LogP contribution in [0.1, 0.15) is 30.9 Å². The fraction of sp³-hybridized carbons (Fsp3) is 0.300. The first-order valence-corrected chi connectivity index (χ1v) is 8.36. The molecule has 0 aliphatic carbocycles. The van der Waals surface area contributed by atoms with E-state index in [0.29, 0.717) is 19.5 Å². The van der Waals surface area contributed by atoms with Crippen molar-refractivity contribution in [3.05, 3.63) is 71.8 Å². The average Bonchev–Trinajstić information content (AvgIpc) is 3.11. The highest BCUT2D eigenvalue weighted by Crippen LogP contribution is 2.19. The quantitative estimate of drug-likeness (QED) is 0.815. The minimum absolute atomic E-state index is 0.0839. The van der Waals surface area contributed by atoms with Crippen molar-refractivity contribution in [2.24, 2.45) is 5.16 Å². The summed E-state index contributed by atoms with van der Waals surface area (Å²) in [6.07, 6.45) is 1.14. The van der Waals surface area contributed by atoms with E-state index in [-0.39, 0.29) is 12.0 Å². The Morgan fingerprint density at radius 1 is 1.12 bits per heavy atom. The molecule has 2 aromatic carbocycles. The number of nitrogens with zero attached hydrogens (tertiary/aromatic N) is 2. The van der Waals surface area contributed by atoms with Crippen molar-refractivity contribution < 1.29 is 9.63 Å². The number of benzene rings is 2. The van der Waals surface area contributed by atoms with Gasteiger partial charge < -0.3 is 9.74 Å². The zero-order chi connectivity index (χ0) is 16.8. The summed E-state index contributed by atoms with van der Waals surface area (Å²) in [5.74, 6) is 0.135. The van der Waals surface area contributed by atoms with Crippen molar-refractivity contribution in [3.63, 3.8) is 0 Å². The Morgan fingerprint density at radius 2 is 1.79 bits per heavy atom. The van der Waals surface area contributed by atoms with E-state index in [1.165, 1.54) is 0 Å². The standard InChI is InChI=1S/C20H22N2O2/c1-2-20(23)22(14-16-9-5-3-6-10-16)15-18-13-19(21-24-18)17-11-7-4-8-12-17/h3-12,18H,2,13-15H2,1H3. The van der Waals surface area contributed by atoms with Crippen LogP contribution >= 0.6 is 0 Å². The monoisotopic (exact) mass is 322 g/mol. The van der Waals surface area contributed by atoms with Gasteiger partial charge in [-0.15, -0.1) is 0 Å². The Labute approximate surface area is 142 Å². The Bertz CT molecular complexity index is 698. The summed E-state index contributed by atoms with van der Waals surface area (Å²) in [5.41, 5.74) is 3.15. The molecule has 3 rings (SSSR count). The molecule has 1 aliphatic heterocycles. The van der Waals surface area contributed by atoms with E-state index in [0.717, 1.165) is 23.3 Å². The van der Waals surface area contributed by atoms with E-state index >= 15 is 0 Å². The van der Waals surface area contributed by atoms with Gasteiger partial charge in [-0.2, -0.15) is 0 Å². The molecule has 0 fully saturated rings. The predicted molar refractivity (Wildman–Crippen MR) is 94.6 cm³/mol. The van der Waals surface area contributed by atoms with Gasteiger partial charge in [0.05, 0.1) is 12.3 Å². The van der Waals surface area contributed by atoms with Gasteiger partial charge >= 0.3 is 0 Å². The first-order valence-electron chi connectivity index (χ1n) is 8.36. The first kappa shape index (κ1) is 16.2. The first-order chi connectivity index (χ1) is 11.8. The molecule has 0 saturated heterocycles. The summed E-state index contributed by atoms with van der Waals surface area (Å²) in [4.78, 5) is 19.7. The van der Waals surface area contributed by atoms with Crippen LogP contribution in [-0.2, 0) is 16.2 Å². The van der Waals surface area contributed by atoms with Gasteiger partial charge in [-0.05, 0) is 11.1 Å². The summed E-state index contributed by atoms with van der Waals surface area (Å²) in [6, 6.07) is 20.1. The summed E-state index contributed by atoms with van der Waals surface area (Å²) < 4.78 is 0. The Kier molecular flexibility index (Phi) is 5.26. The summed E-state index contributed by atoms with van der Waals surface area (Å²) in [5, 5.41) is 4.21. The molecule has 4 heteroatoms. The van der Waals surface area contributed by atoms with Crippen LogP contribution in [0.15, 0.2) is 65.8 Å². The van der Waals surface area contributed by atoms with Crippen molar-refractivity contribution in [1.29, 1.82) is 0 Å². The third-order valence-electron chi connectivity index (χ3n) is 4.14. The molecular weight excluding hydrogens is 300 g/mol. The maximum Gasteiger partial charge on any atom is 0.222 e. The molecule has 124 valence electrons. The molecule has 24 heavy (non-hydrogen) atoms. The van der Waals surface area contributed by atoms with E-state index in [1.807, 2.05) is 72.5 Å². The highest BCUT2D eigenvalue weighted by atomic mass is 16.6. The van der Waals surface area contributed by atoms with Gasteiger partial charge in [-0.25, -0.2) is 0 Å². The van der Waals surface area contributed by atoms with Crippen molar-refractivity contribution in [3.8, 4) is 0 Å². The lowest BCUT2D eigenvalue weighted by atomic mass is 10.0. The molecule has 0 saturated carbocycles. The summed E-state index contributed by atoms with van der Waals surface area (Å²) in [7, 11) is 0. The van der Waals surface area contributed by atoms with Crippen LogP contribution in [0.25, 0.3) is 0 Å². The molecule has 1 atom stereocenters. The molecule has 1 aliphatic rings. The largest absolute Gasteiger partial charge is 0.390 e. The SMILES string of the molecule is CCC(=O)N(Cc1ccccc1)CC1CC(c2ccccc2)=NO1. The number of rotatable bonds is 6. The van der Waals surface area contributed by atoms with Crippen molar-refractivity contribution in [1.82, 2.24) is 4.90 Å². The molecule has 0 bridgehead atoms. The third kappa shape index (κ3) is 4.02. The number of amides is 1. The predicted octanol–water partition coefficient (Wildman–Crippen LogP) is 3.62. The van der Waals surface area contributed by atoms with E-state index in [9.17, 15) is 4.79 Å². The van der Waals surface area contributed by atoms with E-state index in [4.69, 9.17) is 4.84 Å². The Balaban J connectivity index is 1.63. The molecule has 0 radical (unpaired) electrons. The molecule has 1 unspecified atom stereocenters. The van der Waals surface area contributed by atoms with Crippen LogP contribution in [0, 0.1) is 0 Å². The second-order valence-corrected chi connectivity index (χ2v) is 5.95. The number of hydrogen-bond acceptors (Lipinski definition) is 3. The van der Waals surface area contributed by atoms with Gasteiger partial charge in [0, 0.05) is 19.4 Å². The van der Waals surface area contributed by atoms with Crippen LogP contribution in [0.3, 0.4) is 0 Å². The smallest absolute Gasteiger partial charge is 0.222 e. The van der Waals surface area contributed by atoms with Crippen LogP contribution in [0.5, 0.6) is 0 Å². The fourth-order valence-electron chi connectivity index (χ4n) is 2.86. The molecule has 1 heterocycles. The van der Waals surface area contributed by atoms with Crippen molar-refractivity contribution in [2.75, 3.05) is 6.54 Å². The lowest BCUT2D eigenvalue weighted by Crippen LogP contribution is -2.36. The van der Waals surface area contributed by atoms with Gasteiger partial charge in [0.1, 0.15) is 0 Å². The van der Waals surface area contributed by atoms with Gasteiger partial charge in [0.25, 0.3) is 0 Å². The van der Waals surface area contributed by atoms with Crippen LogP contribution < -0.4 is 0 Å². The van der Waals surface area contributed by atoms with Crippen molar-refractivity contribution >= 4 is 11.6 Å². The van der Waals surface area contributed by atoms with Crippen LogP contribution in [0.4, 0.5) is 0 Å². The lowest BCUT2D eigenvalue weighted by molar-refractivity contribution is -0.133. The Hall–Kier alpha value is -2.62. The minimum Gasteiger partial charge on any atom is -0.390 e. The Morgan fingerprint density at radius 3 is 2.46 bits per heavy atom. The van der Waals surface area contributed by atoms with Crippen molar-refractivity contribution in [2.45, 2.75) is 32.4 Å². The molecule has 2 aromatic rings. The number of carbonyl (C=O) groups is 1. The number of oxime groups is 1. The summed E-state index contributed by atoms with van der Waals surface area (Å²) >= 11 is 0. The molecule has 4 nitrogen and oxygen atoms in total. The van der Waals surface area contributed by atoms with Crippen LogP contribution in [-0.4, -0.2) is 29.2 Å².